The van der Waals surface area contributed by atoms with Gasteiger partial charge in [0.1, 0.15) is 11.9 Å². The van der Waals surface area contributed by atoms with Crippen LogP contribution >= 0.6 is 34.8 Å². The van der Waals surface area contributed by atoms with E-state index in [9.17, 15) is 4.79 Å². The molecular weight excluding hydrogens is 383 g/mol. The molecule has 1 atom stereocenters. The van der Waals surface area contributed by atoms with Gasteiger partial charge in [-0.05, 0) is 36.2 Å². The van der Waals surface area contributed by atoms with E-state index < -0.39 is 9.96 Å². The second kappa shape index (κ2) is 9.30. The predicted molar refractivity (Wildman–Crippen MR) is 103 cm³/mol. The van der Waals surface area contributed by atoms with Crippen LogP contribution < -0.4 is 15.4 Å². The highest BCUT2D eigenvalue weighted by atomic mass is 35.6. The average Bonchev–Trinajstić information content (AvgIpc) is 2.61. The minimum absolute atomic E-state index is 0.341. The Morgan fingerprint density at radius 1 is 1.08 bits per heavy atom. The largest absolute Gasteiger partial charge is 0.497 e. The number of benzene rings is 2. The quantitative estimate of drug-likeness (QED) is 0.545. The van der Waals surface area contributed by atoms with Crippen molar-refractivity contribution in [3.8, 4) is 5.75 Å². The molecule has 0 aliphatic carbocycles. The Balaban J connectivity index is 1.95. The van der Waals surface area contributed by atoms with Crippen molar-refractivity contribution in [3.05, 3.63) is 65.7 Å². The molecule has 0 saturated heterocycles. The Labute approximate surface area is 162 Å². The zero-order valence-corrected chi connectivity index (χ0v) is 15.9. The predicted octanol–water partition coefficient (Wildman–Crippen LogP) is 3.95. The molecule has 0 radical (unpaired) electrons. The maximum atomic E-state index is 12.4. The molecule has 0 heterocycles. The monoisotopic (exact) mass is 400 g/mol. The Morgan fingerprint density at radius 2 is 1.72 bits per heavy atom. The van der Waals surface area contributed by atoms with E-state index in [0.717, 1.165) is 12.0 Å². The van der Waals surface area contributed by atoms with Crippen LogP contribution in [0.3, 0.4) is 0 Å². The fraction of sp³-hybridized carbons (Fsp3) is 0.278. The highest BCUT2D eigenvalue weighted by Gasteiger charge is 2.33. The molecule has 2 aromatic rings. The van der Waals surface area contributed by atoms with Gasteiger partial charge in [0.2, 0.25) is 3.79 Å². The lowest BCUT2D eigenvalue weighted by Gasteiger charge is -2.26. The first-order valence-corrected chi connectivity index (χ1v) is 8.82. The molecule has 2 aromatic carbocycles. The van der Waals surface area contributed by atoms with Gasteiger partial charge in [-0.2, -0.15) is 0 Å². The summed E-state index contributed by atoms with van der Waals surface area (Å²) >= 11 is 18.0. The molecule has 134 valence electrons. The maximum absolute atomic E-state index is 12.4. The van der Waals surface area contributed by atoms with Crippen LogP contribution in [0.4, 0.5) is 0 Å². The summed E-state index contributed by atoms with van der Waals surface area (Å²) in [5.74, 6) is 0.321. The summed E-state index contributed by atoms with van der Waals surface area (Å²) in [7, 11) is 1.56. The van der Waals surface area contributed by atoms with Crippen LogP contribution in [0.25, 0.3) is 0 Å². The summed E-state index contributed by atoms with van der Waals surface area (Å²) in [6.45, 7) is 0.547. The Bertz CT molecular complexity index is 673. The number of carbonyl (C=O) groups excluding carboxylic acids is 1. The topological polar surface area (TPSA) is 50.4 Å². The third kappa shape index (κ3) is 6.40. The number of carbonyl (C=O) groups is 1. The lowest BCUT2D eigenvalue weighted by molar-refractivity contribution is 0.0930. The van der Waals surface area contributed by atoms with Crippen LogP contribution in [0.2, 0.25) is 0 Å². The van der Waals surface area contributed by atoms with Gasteiger partial charge in [-0.15, -0.1) is 0 Å². The van der Waals surface area contributed by atoms with E-state index in [1.54, 1.807) is 31.4 Å². The van der Waals surface area contributed by atoms with Crippen molar-refractivity contribution in [3.63, 3.8) is 0 Å². The number of ether oxygens (including phenoxy) is 1. The molecule has 2 N–H and O–H groups in total. The van der Waals surface area contributed by atoms with Crippen molar-refractivity contribution in [1.29, 1.82) is 0 Å². The lowest BCUT2D eigenvalue weighted by atomic mass is 10.1. The van der Waals surface area contributed by atoms with Gasteiger partial charge in [0.05, 0.1) is 7.11 Å². The van der Waals surface area contributed by atoms with E-state index in [4.69, 9.17) is 39.5 Å². The van der Waals surface area contributed by atoms with E-state index in [-0.39, 0.29) is 5.91 Å². The molecule has 0 spiro atoms. The van der Waals surface area contributed by atoms with E-state index >= 15 is 0 Å². The Morgan fingerprint density at radius 3 is 2.28 bits per heavy atom. The van der Waals surface area contributed by atoms with Crippen LogP contribution in [0.1, 0.15) is 15.9 Å². The van der Waals surface area contributed by atoms with E-state index in [1.165, 1.54) is 0 Å². The third-order valence-electron chi connectivity index (χ3n) is 3.56. The van der Waals surface area contributed by atoms with Gasteiger partial charge < -0.3 is 10.1 Å². The Kier molecular flexibility index (Phi) is 7.38. The van der Waals surface area contributed by atoms with E-state index in [0.29, 0.717) is 17.9 Å². The minimum Gasteiger partial charge on any atom is -0.497 e. The van der Waals surface area contributed by atoms with Crippen LogP contribution in [0.5, 0.6) is 5.75 Å². The first-order chi connectivity index (χ1) is 11.9. The van der Waals surface area contributed by atoms with Gasteiger partial charge in [0.15, 0.2) is 0 Å². The fourth-order valence-corrected chi connectivity index (χ4v) is 2.61. The molecule has 0 saturated carbocycles. The first-order valence-electron chi connectivity index (χ1n) is 7.69. The third-order valence-corrected chi connectivity index (χ3v) is 4.21. The molecule has 7 heteroatoms. The van der Waals surface area contributed by atoms with Crippen LogP contribution in [0, 0.1) is 0 Å². The summed E-state index contributed by atoms with van der Waals surface area (Å²) in [5, 5.41) is 5.79. The van der Waals surface area contributed by atoms with Gasteiger partial charge in [-0.3, -0.25) is 10.1 Å². The molecule has 1 amide bonds. The standard InChI is InChI=1S/C18H19Cl3N2O2/c1-25-15-9-7-14(8-10-15)16(24)23-17(18(19,20)21)22-12-11-13-5-3-2-4-6-13/h2-10,17,22H,11-12H2,1H3,(H,23,24). The molecule has 0 aliphatic heterocycles. The van der Waals surface area contributed by atoms with Crippen molar-refractivity contribution in [2.24, 2.45) is 0 Å². The molecule has 1 unspecified atom stereocenters. The minimum atomic E-state index is -1.68. The van der Waals surface area contributed by atoms with Gasteiger partial charge in [-0.1, -0.05) is 65.1 Å². The summed E-state index contributed by atoms with van der Waals surface area (Å²) in [6.07, 6.45) is -0.0768. The van der Waals surface area contributed by atoms with Crippen molar-refractivity contribution >= 4 is 40.7 Å². The van der Waals surface area contributed by atoms with Gasteiger partial charge in [0.25, 0.3) is 5.91 Å². The number of nitrogens with one attached hydrogen (secondary N) is 2. The zero-order chi connectivity index (χ0) is 18.3. The van der Waals surface area contributed by atoms with Crippen molar-refractivity contribution in [2.75, 3.05) is 13.7 Å². The van der Waals surface area contributed by atoms with Crippen molar-refractivity contribution in [1.82, 2.24) is 10.6 Å². The van der Waals surface area contributed by atoms with E-state index in [2.05, 4.69) is 10.6 Å². The van der Waals surface area contributed by atoms with Crippen molar-refractivity contribution in [2.45, 2.75) is 16.4 Å². The molecular formula is C18H19Cl3N2O2. The summed E-state index contributed by atoms with van der Waals surface area (Å²) in [6, 6.07) is 16.6. The smallest absolute Gasteiger partial charge is 0.252 e. The maximum Gasteiger partial charge on any atom is 0.252 e. The summed E-state index contributed by atoms with van der Waals surface area (Å²) in [4.78, 5) is 12.4. The van der Waals surface area contributed by atoms with Crippen LogP contribution in [-0.4, -0.2) is 29.5 Å². The summed E-state index contributed by atoms with van der Waals surface area (Å²) < 4.78 is 3.39. The highest BCUT2D eigenvalue weighted by Crippen LogP contribution is 2.29. The zero-order valence-electron chi connectivity index (χ0n) is 13.6. The molecule has 25 heavy (non-hydrogen) atoms. The number of hydrogen-bond donors (Lipinski definition) is 2. The van der Waals surface area contributed by atoms with E-state index in [1.807, 2.05) is 30.3 Å². The number of amides is 1. The van der Waals surface area contributed by atoms with Gasteiger partial charge in [-0.25, -0.2) is 0 Å². The number of methoxy groups -OCH3 is 1. The summed E-state index contributed by atoms with van der Waals surface area (Å²) in [5.41, 5.74) is 1.60. The number of rotatable bonds is 7. The van der Waals surface area contributed by atoms with Crippen LogP contribution in [-0.2, 0) is 6.42 Å². The SMILES string of the molecule is COc1ccc(C(=O)NC(NCCc2ccccc2)C(Cl)(Cl)Cl)cc1. The van der Waals surface area contributed by atoms with Gasteiger partial charge in [0, 0.05) is 12.1 Å². The second-order valence-corrected chi connectivity index (χ2v) is 7.74. The number of hydrogen-bond acceptors (Lipinski definition) is 3. The number of alkyl halides is 3. The molecule has 4 nitrogen and oxygen atoms in total. The molecule has 0 aromatic heterocycles. The van der Waals surface area contributed by atoms with Crippen molar-refractivity contribution < 1.29 is 9.53 Å². The first kappa shape index (κ1) is 19.9. The number of halogens is 3. The lowest BCUT2D eigenvalue weighted by Crippen LogP contribution is -2.53. The average molecular weight is 402 g/mol. The van der Waals surface area contributed by atoms with Crippen LogP contribution in [0.15, 0.2) is 54.6 Å². The Hall–Kier alpha value is -1.46. The molecule has 0 aliphatic rings. The second-order valence-electron chi connectivity index (χ2n) is 5.37. The molecule has 0 bridgehead atoms. The normalized spacial score (nSPS) is 12.5. The molecule has 2 rings (SSSR count). The fourth-order valence-electron chi connectivity index (χ4n) is 2.21. The molecule has 0 fully saturated rings. The van der Waals surface area contributed by atoms with Gasteiger partial charge >= 0.3 is 0 Å². The highest BCUT2D eigenvalue weighted by molar-refractivity contribution is 6.68.